The van der Waals surface area contributed by atoms with Crippen molar-refractivity contribution in [2.75, 3.05) is 13.1 Å². The van der Waals surface area contributed by atoms with E-state index in [2.05, 4.69) is 20.8 Å². The van der Waals surface area contributed by atoms with Crippen LogP contribution in [0.2, 0.25) is 0 Å². The molecule has 1 amide bonds. The highest BCUT2D eigenvalue weighted by atomic mass is 16.2. The molecule has 0 aromatic heterocycles. The third-order valence-electron chi connectivity index (χ3n) is 3.86. The lowest BCUT2D eigenvalue weighted by Gasteiger charge is -2.35. The summed E-state index contributed by atoms with van der Waals surface area (Å²) in [5.74, 6) is 1.34. The van der Waals surface area contributed by atoms with Crippen molar-refractivity contribution in [3.63, 3.8) is 0 Å². The molecule has 1 fully saturated rings. The first kappa shape index (κ1) is 14.5. The fourth-order valence-corrected chi connectivity index (χ4v) is 2.69. The molecular formula is C14H28N2O. The van der Waals surface area contributed by atoms with Gasteiger partial charge in [0.1, 0.15) is 0 Å². The van der Waals surface area contributed by atoms with Gasteiger partial charge in [0.05, 0.1) is 0 Å². The van der Waals surface area contributed by atoms with Crippen LogP contribution < -0.4 is 5.73 Å². The SMILES string of the molecule is CCCC(C)CC(=O)N1CCCC(C(C)N)C1. The summed E-state index contributed by atoms with van der Waals surface area (Å²) in [6.45, 7) is 8.21. The maximum atomic E-state index is 12.1. The molecule has 3 unspecified atom stereocenters. The van der Waals surface area contributed by atoms with E-state index < -0.39 is 0 Å². The average Bonchev–Trinajstić information content (AvgIpc) is 2.29. The quantitative estimate of drug-likeness (QED) is 0.802. The van der Waals surface area contributed by atoms with E-state index in [0.29, 0.717) is 24.2 Å². The maximum Gasteiger partial charge on any atom is 0.222 e. The molecule has 1 aliphatic heterocycles. The number of hydrogen-bond donors (Lipinski definition) is 1. The predicted octanol–water partition coefficient (Wildman–Crippen LogP) is 2.40. The summed E-state index contributed by atoms with van der Waals surface area (Å²) in [6.07, 6.45) is 5.30. The van der Waals surface area contributed by atoms with Gasteiger partial charge >= 0.3 is 0 Å². The van der Waals surface area contributed by atoms with Crippen LogP contribution in [0.4, 0.5) is 0 Å². The zero-order valence-electron chi connectivity index (χ0n) is 11.6. The van der Waals surface area contributed by atoms with Gasteiger partial charge < -0.3 is 10.6 Å². The minimum Gasteiger partial charge on any atom is -0.342 e. The Morgan fingerprint density at radius 1 is 1.47 bits per heavy atom. The van der Waals surface area contributed by atoms with Crippen LogP contribution >= 0.6 is 0 Å². The summed E-state index contributed by atoms with van der Waals surface area (Å²) < 4.78 is 0. The van der Waals surface area contributed by atoms with Gasteiger partial charge in [-0.15, -0.1) is 0 Å². The van der Waals surface area contributed by atoms with Crippen molar-refractivity contribution in [2.24, 2.45) is 17.6 Å². The van der Waals surface area contributed by atoms with E-state index in [1.54, 1.807) is 0 Å². The molecule has 100 valence electrons. The van der Waals surface area contributed by atoms with E-state index in [4.69, 9.17) is 5.73 Å². The van der Waals surface area contributed by atoms with E-state index in [0.717, 1.165) is 32.4 Å². The third-order valence-corrected chi connectivity index (χ3v) is 3.86. The Morgan fingerprint density at radius 3 is 2.76 bits per heavy atom. The van der Waals surface area contributed by atoms with Crippen LogP contribution in [0.5, 0.6) is 0 Å². The Morgan fingerprint density at radius 2 is 2.18 bits per heavy atom. The minimum atomic E-state index is 0.207. The molecule has 1 heterocycles. The number of rotatable bonds is 5. The van der Waals surface area contributed by atoms with Crippen LogP contribution in [0.15, 0.2) is 0 Å². The molecular weight excluding hydrogens is 212 g/mol. The Balaban J connectivity index is 2.40. The number of amides is 1. The Labute approximate surface area is 106 Å². The molecule has 3 atom stereocenters. The largest absolute Gasteiger partial charge is 0.342 e. The summed E-state index contributed by atoms with van der Waals surface area (Å²) in [7, 11) is 0. The molecule has 1 saturated heterocycles. The van der Waals surface area contributed by atoms with Crippen molar-refractivity contribution in [2.45, 2.75) is 58.9 Å². The number of likely N-dealkylation sites (tertiary alicyclic amines) is 1. The van der Waals surface area contributed by atoms with E-state index in [1.807, 2.05) is 4.90 Å². The maximum absolute atomic E-state index is 12.1. The van der Waals surface area contributed by atoms with Gasteiger partial charge in [0, 0.05) is 25.6 Å². The van der Waals surface area contributed by atoms with Crippen molar-refractivity contribution in [3.8, 4) is 0 Å². The first-order valence-corrected chi connectivity index (χ1v) is 7.08. The molecule has 1 rings (SSSR count). The van der Waals surface area contributed by atoms with Crippen LogP contribution in [-0.4, -0.2) is 29.9 Å². The first-order chi connectivity index (χ1) is 8.04. The topological polar surface area (TPSA) is 46.3 Å². The molecule has 0 bridgehead atoms. The second kappa shape index (κ2) is 7.00. The predicted molar refractivity (Wildman–Crippen MR) is 71.6 cm³/mol. The van der Waals surface area contributed by atoms with Gasteiger partial charge in [0.25, 0.3) is 0 Å². The summed E-state index contributed by atoms with van der Waals surface area (Å²) in [5, 5.41) is 0. The zero-order valence-corrected chi connectivity index (χ0v) is 11.6. The molecule has 0 saturated carbocycles. The second-order valence-corrected chi connectivity index (χ2v) is 5.70. The monoisotopic (exact) mass is 240 g/mol. The number of hydrogen-bond acceptors (Lipinski definition) is 2. The van der Waals surface area contributed by atoms with Gasteiger partial charge in [-0.05, 0) is 31.6 Å². The average molecular weight is 240 g/mol. The Hall–Kier alpha value is -0.570. The molecule has 3 nitrogen and oxygen atoms in total. The van der Waals surface area contributed by atoms with Gasteiger partial charge in [-0.1, -0.05) is 26.7 Å². The summed E-state index contributed by atoms with van der Waals surface area (Å²) in [4.78, 5) is 14.2. The standard InChI is InChI=1S/C14H28N2O/c1-4-6-11(2)9-14(17)16-8-5-7-13(10-16)12(3)15/h11-13H,4-10,15H2,1-3H3. The highest BCUT2D eigenvalue weighted by molar-refractivity contribution is 5.76. The molecule has 17 heavy (non-hydrogen) atoms. The lowest BCUT2D eigenvalue weighted by molar-refractivity contribution is -0.134. The molecule has 0 radical (unpaired) electrons. The van der Waals surface area contributed by atoms with Crippen molar-refractivity contribution in [3.05, 3.63) is 0 Å². The van der Waals surface area contributed by atoms with Crippen molar-refractivity contribution in [1.29, 1.82) is 0 Å². The second-order valence-electron chi connectivity index (χ2n) is 5.70. The molecule has 1 aliphatic rings. The lowest BCUT2D eigenvalue weighted by Crippen LogP contribution is -2.45. The van der Waals surface area contributed by atoms with Gasteiger partial charge in [-0.25, -0.2) is 0 Å². The van der Waals surface area contributed by atoms with Crippen molar-refractivity contribution >= 4 is 5.91 Å². The van der Waals surface area contributed by atoms with E-state index in [9.17, 15) is 4.79 Å². The molecule has 0 aromatic carbocycles. The van der Waals surface area contributed by atoms with E-state index in [1.165, 1.54) is 6.42 Å². The molecule has 0 aliphatic carbocycles. The number of nitrogens with two attached hydrogens (primary N) is 1. The van der Waals surface area contributed by atoms with Crippen LogP contribution in [0, 0.1) is 11.8 Å². The minimum absolute atomic E-state index is 0.207. The smallest absolute Gasteiger partial charge is 0.222 e. The van der Waals surface area contributed by atoms with Gasteiger partial charge in [0.15, 0.2) is 0 Å². The summed E-state index contributed by atoms with van der Waals surface area (Å²) in [6, 6.07) is 0.207. The third kappa shape index (κ3) is 4.66. The van der Waals surface area contributed by atoms with Gasteiger partial charge in [-0.3, -0.25) is 4.79 Å². The van der Waals surface area contributed by atoms with Crippen molar-refractivity contribution in [1.82, 2.24) is 4.90 Å². The lowest BCUT2D eigenvalue weighted by atomic mass is 9.91. The number of carbonyl (C=O) groups is 1. The number of nitrogens with zero attached hydrogens (tertiary/aromatic N) is 1. The van der Waals surface area contributed by atoms with Crippen LogP contribution in [-0.2, 0) is 4.79 Å². The summed E-state index contributed by atoms with van der Waals surface area (Å²) in [5.41, 5.74) is 5.94. The fourth-order valence-electron chi connectivity index (χ4n) is 2.69. The van der Waals surface area contributed by atoms with Gasteiger partial charge in [0.2, 0.25) is 5.91 Å². The van der Waals surface area contributed by atoms with E-state index >= 15 is 0 Å². The highest BCUT2D eigenvalue weighted by Gasteiger charge is 2.26. The van der Waals surface area contributed by atoms with Gasteiger partial charge in [-0.2, -0.15) is 0 Å². The normalized spacial score (nSPS) is 24.5. The zero-order chi connectivity index (χ0) is 12.8. The molecule has 2 N–H and O–H groups in total. The Kier molecular flexibility index (Phi) is 5.96. The van der Waals surface area contributed by atoms with Crippen LogP contribution in [0.1, 0.15) is 52.9 Å². The molecule has 0 aromatic rings. The summed E-state index contributed by atoms with van der Waals surface area (Å²) >= 11 is 0. The molecule has 3 heteroatoms. The molecule has 0 spiro atoms. The highest BCUT2D eigenvalue weighted by Crippen LogP contribution is 2.21. The van der Waals surface area contributed by atoms with Crippen LogP contribution in [0.25, 0.3) is 0 Å². The fraction of sp³-hybridized carbons (Fsp3) is 0.929. The Bertz CT molecular complexity index is 240. The number of carbonyl (C=O) groups excluding carboxylic acids is 1. The van der Waals surface area contributed by atoms with E-state index in [-0.39, 0.29) is 6.04 Å². The number of piperidine rings is 1. The first-order valence-electron chi connectivity index (χ1n) is 7.08. The van der Waals surface area contributed by atoms with Crippen LogP contribution in [0.3, 0.4) is 0 Å². The van der Waals surface area contributed by atoms with Crippen molar-refractivity contribution < 1.29 is 4.79 Å².